The Morgan fingerprint density at radius 1 is 0.692 bits per heavy atom. The van der Waals surface area contributed by atoms with Crippen molar-refractivity contribution >= 4 is 57.8 Å². The van der Waals surface area contributed by atoms with Gasteiger partial charge in [0.2, 0.25) is 11.8 Å². The van der Waals surface area contributed by atoms with Gasteiger partial charge in [-0.2, -0.15) is 0 Å². The molecule has 8 heteroatoms. The third-order valence-corrected chi connectivity index (χ3v) is 3.63. The van der Waals surface area contributed by atoms with E-state index < -0.39 is 10.8 Å². The summed E-state index contributed by atoms with van der Waals surface area (Å²) in [4.78, 5) is 23.8. The fraction of sp³-hybridized carbons (Fsp3) is 0.444. The number of thiocarbonyl (C=S) groups is 2. The molecule has 0 unspecified atom stereocenters. The summed E-state index contributed by atoms with van der Waals surface area (Å²) in [5.74, 6) is -0.318. The van der Waals surface area contributed by atoms with Crippen LogP contribution in [0.25, 0.3) is 0 Å². The van der Waals surface area contributed by atoms with Crippen molar-refractivity contribution in [3.05, 3.63) is 24.3 Å². The van der Waals surface area contributed by atoms with E-state index in [0.717, 1.165) is 11.4 Å². The van der Waals surface area contributed by atoms with Crippen molar-refractivity contribution in [2.75, 3.05) is 10.6 Å². The number of amides is 2. The number of hydrogen-bond acceptors (Lipinski definition) is 4. The number of rotatable bonds is 2. The number of hydrogen-bond donors (Lipinski definition) is 4. The highest BCUT2D eigenvalue weighted by atomic mass is 32.1. The summed E-state index contributed by atoms with van der Waals surface area (Å²) < 4.78 is 0. The van der Waals surface area contributed by atoms with E-state index in [1.165, 1.54) is 0 Å². The average molecular weight is 395 g/mol. The number of carbonyl (C=O) groups is 2. The molecule has 0 radical (unpaired) electrons. The van der Waals surface area contributed by atoms with E-state index in [1.54, 1.807) is 24.3 Å². The molecule has 142 valence electrons. The summed E-state index contributed by atoms with van der Waals surface area (Å²) in [6, 6.07) is 7.14. The van der Waals surface area contributed by atoms with E-state index in [9.17, 15) is 9.59 Å². The Balaban J connectivity index is 2.58. The Morgan fingerprint density at radius 3 is 1.19 bits per heavy atom. The second-order valence-corrected chi connectivity index (χ2v) is 8.71. The van der Waals surface area contributed by atoms with Gasteiger partial charge in [0.05, 0.1) is 0 Å². The van der Waals surface area contributed by atoms with Gasteiger partial charge in [0.25, 0.3) is 0 Å². The maximum atomic E-state index is 11.9. The molecule has 26 heavy (non-hydrogen) atoms. The molecule has 0 spiro atoms. The molecule has 1 rings (SSSR count). The SMILES string of the molecule is CC(C)(C)C(=O)NC(=S)Nc1ccc(NC(=S)NC(=O)C(C)(C)C)cc1. The zero-order chi connectivity index (χ0) is 20.1. The maximum Gasteiger partial charge on any atom is 0.231 e. The minimum Gasteiger partial charge on any atom is -0.332 e. The lowest BCUT2D eigenvalue weighted by Gasteiger charge is -2.19. The second-order valence-electron chi connectivity index (χ2n) is 7.89. The lowest BCUT2D eigenvalue weighted by molar-refractivity contribution is -0.127. The predicted molar refractivity (Wildman–Crippen MR) is 114 cm³/mol. The lowest BCUT2D eigenvalue weighted by atomic mass is 9.96. The molecule has 0 heterocycles. The van der Waals surface area contributed by atoms with Crippen molar-refractivity contribution in [2.24, 2.45) is 10.8 Å². The van der Waals surface area contributed by atoms with Crippen LogP contribution < -0.4 is 21.3 Å². The normalized spacial score (nSPS) is 11.3. The van der Waals surface area contributed by atoms with Crippen LogP contribution in [0.5, 0.6) is 0 Å². The molecule has 0 atom stereocenters. The minimum atomic E-state index is -0.521. The van der Waals surface area contributed by atoms with Crippen LogP contribution in [0.2, 0.25) is 0 Å². The summed E-state index contributed by atoms with van der Waals surface area (Å²) in [7, 11) is 0. The standard InChI is InChI=1S/C18H26N4O2S2/c1-17(2,3)13(23)21-15(25)19-11-7-9-12(10-8-11)20-16(26)22-14(24)18(4,5)6/h7-10H,1-6H3,(H2,19,21,23,25)(H2,20,22,24,26). The molecule has 0 bridgehead atoms. The molecular weight excluding hydrogens is 368 g/mol. The number of nitrogens with one attached hydrogen (secondary N) is 4. The van der Waals surface area contributed by atoms with Crippen LogP contribution in [-0.2, 0) is 9.59 Å². The Labute approximate surface area is 165 Å². The van der Waals surface area contributed by atoms with Gasteiger partial charge in [-0.25, -0.2) is 0 Å². The highest BCUT2D eigenvalue weighted by Crippen LogP contribution is 2.16. The van der Waals surface area contributed by atoms with Gasteiger partial charge in [0.1, 0.15) is 0 Å². The fourth-order valence-electron chi connectivity index (χ4n) is 1.54. The molecule has 6 nitrogen and oxygen atoms in total. The third-order valence-electron chi connectivity index (χ3n) is 3.22. The first-order valence-electron chi connectivity index (χ1n) is 8.14. The Morgan fingerprint density at radius 2 is 0.962 bits per heavy atom. The van der Waals surface area contributed by atoms with E-state index in [4.69, 9.17) is 24.4 Å². The molecule has 0 aromatic heterocycles. The summed E-state index contributed by atoms with van der Waals surface area (Å²) >= 11 is 10.3. The highest BCUT2D eigenvalue weighted by Gasteiger charge is 2.22. The summed E-state index contributed by atoms with van der Waals surface area (Å²) in [6.07, 6.45) is 0. The maximum absolute atomic E-state index is 11.9. The van der Waals surface area contributed by atoms with Crippen LogP contribution in [0, 0.1) is 10.8 Å². The van der Waals surface area contributed by atoms with Crippen molar-refractivity contribution in [3.8, 4) is 0 Å². The van der Waals surface area contributed by atoms with E-state index in [1.807, 2.05) is 41.5 Å². The van der Waals surface area contributed by atoms with Crippen LogP contribution in [0.4, 0.5) is 11.4 Å². The first-order chi connectivity index (χ1) is 11.8. The van der Waals surface area contributed by atoms with Gasteiger partial charge in [0.15, 0.2) is 10.2 Å². The minimum absolute atomic E-state index is 0.159. The van der Waals surface area contributed by atoms with Crippen molar-refractivity contribution in [2.45, 2.75) is 41.5 Å². The van der Waals surface area contributed by atoms with Crippen molar-refractivity contribution in [3.63, 3.8) is 0 Å². The predicted octanol–water partition coefficient (Wildman–Crippen LogP) is 3.40. The van der Waals surface area contributed by atoms with Gasteiger partial charge < -0.3 is 21.3 Å². The fourth-order valence-corrected chi connectivity index (χ4v) is 1.96. The first-order valence-corrected chi connectivity index (χ1v) is 8.95. The molecule has 0 aliphatic carbocycles. The van der Waals surface area contributed by atoms with Crippen LogP contribution >= 0.6 is 24.4 Å². The number of benzene rings is 1. The van der Waals surface area contributed by atoms with Gasteiger partial charge in [-0.05, 0) is 48.7 Å². The van der Waals surface area contributed by atoms with E-state index in [0.29, 0.717) is 0 Å². The molecule has 0 saturated carbocycles. The third kappa shape index (κ3) is 7.45. The van der Waals surface area contributed by atoms with Crippen LogP contribution in [0.3, 0.4) is 0 Å². The van der Waals surface area contributed by atoms with Crippen molar-refractivity contribution < 1.29 is 9.59 Å². The highest BCUT2D eigenvalue weighted by molar-refractivity contribution is 7.80. The second kappa shape index (κ2) is 8.55. The monoisotopic (exact) mass is 394 g/mol. The summed E-state index contributed by atoms with van der Waals surface area (Å²) in [5.41, 5.74) is 0.401. The Bertz CT molecular complexity index is 640. The van der Waals surface area contributed by atoms with E-state index in [-0.39, 0.29) is 22.0 Å². The van der Waals surface area contributed by atoms with Gasteiger partial charge in [-0.15, -0.1) is 0 Å². The molecule has 2 amide bonds. The zero-order valence-electron chi connectivity index (χ0n) is 15.9. The zero-order valence-corrected chi connectivity index (χ0v) is 17.6. The van der Waals surface area contributed by atoms with Gasteiger partial charge in [-0.1, -0.05) is 41.5 Å². The van der Waals surface area contributed by atoms with Gasteiger partial charge in [0, 0.05) is 22.2 Å². The molecule has 1 aromatic carbocycles. The van der Waals surface area contributed by atoms with Gasteiger partial charge in [-0.3, -0.25) is 9.59 Å². The van der Waals surface area contributed by atoms with E-state index in [2.05, 4.69) is 21.3 Å². The van der Waals surface area contributed by atoms with Crippen molar-refractivity contribution in [1.29, 1.82) is 0 Å². The van der Waals surface area contributed by atoms with E-state index >= 15 is 0 Å². The topological polar surface area (TPSA) is 82.3 Å². The molecule has 1 aromatic rings. The quantitative estimate of drug-likeness (QED) is 0.576. The van der Waals surface area contributed by atoms with Crippen molar-refractivity contribution in [1.82, 2.24) is 10.6 Å². The molecule has 0 aliphatic rings. The molecule has 0 saturated heterocycles. The summed E-state index contributed by atoms with van der Waals surface area (Å²) in [6.45, 7) is 10.9. The Kier molecular flexibility index (Phi) is 7.23. The average Bonchev–Trinajstić information content (AvgIpc) is 2.47. The molecule has 4 N–H and O–H groups in total. The van der Waals surface area contributed by atoms with Crippen LogP contribution in [0.1, 0.15) is 41.5 Å². The first kappa shape index (κ1) is 22.0. The molecule has 0 fully saturated rings. The summed E-state index contributed by atoms with van der Waals surface area (Å²) in [5, 5.41) is 11.7. The Hall–Kier alpha value is -2.06. The largest absolute Gasteiger partial charge is 0.332 e. The van der Waals surface area contributed by atoms with Crippen LogP contribution in [-0.4, -0.2) is 22.0 Å². The van der Waals surface area contributed by atoms with Crippen LogP contribution in [0.15, 0.2) is 24.3 Å². The number of anilines is 2. The molecular formula is C18H26N4O2S2. The molecule has 0 aliphatic heterocycles. The smallest absolute Gasteiger partial charge is 0.231 e. The van der Waals surface area contributed by atoms with Gasteiger partial charge >= 0.3 is 0 Å². The lowest BCUT2D eigenvalue weighted by Crippen LogP contribution is -2.41. The number of carbonyl (C=O) groups excluding carboxylic acids is 2.